The van der Waals surface area contributed by atoms with E-state index in [4.69, 9.17) is 4.74 Å². The minimum absolute atomic E-state index is 0.0649. The monoisotopic (exact) mass is 581 g/mol. The Balaban J connectivity index is 1.87. The lowest BCUT2D eigenvalue weighted by atomic mass is 10.1. The Hall–Kier alpha value is -4.62. The van der Waals surface area contributed by atoms with Gasteiger partial charge in [0.2, 0.25) is 15.9 Å². The van der Waals surface area contributed by atoms with Gasteiger partial charge in [-0.2, -0.15) is 9.78 Å². The van der Waals surface area contributed by atoms with E-state index in [9.17, 15) is 27.7 Å². The van der Waals surface area contributed by atoms with Crippen molar-refractivity contribution in [3.8, 4) is 17.3 Å². The molecule has 3 aromatic carbocycles. The van der Waals surface area contributed by atoms with Crippen LogP contribution in [-0.4, -0.2) is 34.6 Å². The predicted octanol–water partition coefficient (Wildman–Crippen LogP) is 5.66. The average Bonchev–Trinajstić information content (AvgIpc) is 3.18. The topological polar surface area (TPSA) is 145 Å². The number of nitrogens with zero attached hydrogens (tertiary/aromatic N) is 3. The lowest BCUT2D eigenvalue weighted by Gasteiger charge is -2.21. The SMILES string of the molecule is Cc1cccc(NC(=O)c2nn(-c3cccc(F)c3)c(Oc3ccc([N+](=O)[O-])cc3S(=O)(=O)NC(C)(C)C)c2C)c1. The summed E-state index contributed by atoms with van der Waals surface area (Å²) in [6, 6.07) is 15.6. The molecule has 4 rings (SSSR count). The van der Waals surface area contributed by atoms with Crippen LogP contribution in [0.4, 0.5) is 15.8 Å². The maximum atomic E-state index is 14.2. The third-order valence-corrected chi connectivity index (χ3v) is 7.47. The zero-order valence-electron chi connectivity index (χ0n) is 22.9. The number of non-ortho nitro benzene ring substituents is 1. The van der Waals surface area contributed by atoms with Crippen molar-refractivity contribution < 1.29 is 27.3 Å². The smallest absolute Gasteiger partial charge is 0.276 e. The van der Waals surface area contributed by atoms with Gasteiger partial charge < -0.3 is 10.1 Å². The van der Waals surface area contributed by atoms with Gasteiger partial charge in [0.15, 0.2) is 5.69 Å². The van der Waals surface area contributed by atoms with Crippen LogP contribution in [-0.2, 0) is 10.0 Å². The summed E-state index contributed by atoms with van der Waals surface area (Å²) in [5.41, 5.74) is 0.395. The molecule has 1 heterocycles. The first kappa shape index (κ1) is 29.4. The molecule has 0 bridgehead atoms. The second-order valence-corrected chi connectivity index (χ2v) is 12.0. The third-order valence-electron chi connectivity index (χ3n) is 5.69. The number of carbonyl (C=O) groups excluding carboxylic acids is 1. The van der Waals surface area contributed by atoms with Crippen LogP contribution in [0.25, 0.3) is 5.69 Å². The molecule has 0 unspecified atom stereocenters. The van der Waals surface area contributed by atoms with Crippen LogP contribution in [0.3, 0.4) is 0 Å². The highest BCUT2D eigenvalue weighted by Crippen LogP contribution is 2.36. The van der Waals surface area contributed by atoms with Gasteiger partial charge in [0.25, 0.3) is 11.6 Å². The van der Waals surface area contributed by atoms with Crippen LogP contribution in [0.15, 0.2) is 71.6 Å². The van der Waals surface area contributed by atoms with Gasteiger partial charge in [0, 0.05) is 28.9 Å². The van der Waals surface area contributed by atoms with E-state index in [1.165, 1.54) is 29.8 Å². The Bertz CT molecular complexity index is 1760. The Morgan fingerprint density at radius 3 is 2.39 bits per heavy atom. The van der Waals surface area contributed by atoms with E-state index in [2.05, 4.69) is 15.1 Å². The van der Waals surface area contributed by atoms with Crippen molar-refractivity contribution in [2.24, 2.45) is 0 Å². The van der Waals surface area contributed by atoms with Crippen molar-refractivity contribution in [1.29, 1.82) is 0 Å². The standard InChI is InChI=1S/C28H28FN5O6S/c1-17-8-6-10-20(14-17)30-26(35)25-18(2)27(33(31-25)21-11-7-9-19(29)15-21)40-23-13-12-22(34(36)37)16-24(23)41(38,39)32-28(3,4)5/h6-16,32H,1-5H3,(H,30,35). The van der Waals surface area contributed by atoms with Crippen LogP contribution in [0, 0.1) is 29.8 Å². The molecule has 0 saturated carbocycles. The molecule has 0 aliphatic rings. The minimum Gasteiger partial charge on any atom is -0.437 e. The first-order chi connectivity index (χ1) is 19.1. The summed E-state index contributed by atoms with van der Waals surface area (Å²) in [5, 5.41) is 18.6. The Morgan fingerprint density at radius 2 is 1.76 bits per heavy atom. The van der Waals surface area contributed by atoms with Crippen molar-refractivity contribution in [2.45, 2.75) is 45.1 Å². The van der Waals surface area contributed by atoms with Gasteiger partial charge in [-0.05, 0) is 76.6 Å². The molecule has 1 aromatic heterocycles. The number of carbonyl (C=O) groups is 1. The summed E-state index contributed by atoms with van der Waals surface area (Å²) in [6.07, 6.45) is 0. The molecule has 11 nitrogen and oxygen atoms in total. The third kappa shape index (κ3) is 6.76. The Morgan fingerprint density at radius 1 is 1.05 bits per heavy atom. The molecular formula is C28H28FN5O6S. The Labute approximate surface area is 236 Å². The van der Waals surface area contributed by atoms with E-state index in [1.54, 1.807) is 39.0 Å². The lowest BCUT2D eigenvalue weighted by molar-refractivity contribution is -0.385. The maximum Gasteiger partial charge on any atom is 0.276 e. The normalized spacial score (nSPS) is 11.8. The summed E-state index contributed by atoms with van der Waals surface area (Å²) in [7, 11) is -4.32. The summed E-state index contributed by atoms with van der Waals surface area (Å²) in [5.74, 6) is -1.52. The maximum absolute atomic E-state index is 14.2. The van der Waals surface area contributed by atoms with Crippen molar-refractivity contribution >= 4 is 27.3 Å². The summed E-state index contributed by atoms with van der Waals surface area (Å²) >= 11 is 0. The molecule has 0 aliphatic carbocycles. The molecule has 0 radical (unpaired) electrons. The zero-order valence-corrected chi connectivity index (χ0v) is 23.7. The first-order valence-electron chi connectivity index (χ1n) is 12.4. The highest BCUT2D eigenvalue weighted by molar-refractivity contribution is 7.89. The number of anilines is 1. The second kappa shape index (κ2) is 11.1. The quantitative estimate of drug-likeness (QED) is 0.202. The van der Waals surface area contributed by atoms with E-state index >= 15 is 0 Å². The van der Waals surface area contributed by atoms with Crippen molar-refractivity contribution in [2.75, 3.05) is 5.32 Å². The van der Waals surface area contributed by atoms with Crippen LogP contribution >= 0.6 is 0 Å². The molecule has 0 saturated heterocycles. The van der Waals surface area contributed by atoms with E-state index in [0.717, 1.165) is 29.8 Å². The van der Waals surface area contributed by atoms with Gasteiger partial charge in [-0.3, -0.25) is 14.9 Å². The van der Waals surface area contributed by atoms with Gasteiger partial charge >= 0.3 is 0 Å². The highest BCUT2D eigenvalue weighted by Gasteiger charge is 2.30. The molecule has 0 atom stereocenters. The number of rotatable bonds is 8. The summed E-state index contributed by atoms with van der Waals surface area (Å²) < 4.78 is 50.5. The number of nitro benzene ring substituents is 1. The molecule has 1 amide bonds. The van der Waals surface area contributed by atoms with Crippen LogP contribution in [0.5, 0.6) is 11.6 Å². The van der Waals surface area contributed by atoms with E-state index in [1.807, 2.05) is 13.0 Å². The van der Waals surface area contributed by atoms with Crippen LogP contribution in [0.1, 0.15) is 42.4 Å². The Kier molecular flexibility index (Phi) is 7.95. The average molecular weight is 582 g/mol. The summed E-state index contributed by atoms with van der Waals surface area (Å²) in [4.78, 5) is 23.5. The van der Waals surface area contributed by atoms with Crippen molar-refractivity contribution in [1.82, 2.24) is 14.5 Å². The van der Waals surface area contributed by atoms with Crippen LogP contribution in [0.2, 0.25) is 0 Å². The van der Waals surface area contributed by atoms with Gasteiger partial charge in [-0.15, -0.1) is 0 Å². The molecule has 41 heavy (non-hydrogen) atoms. The number of ether oxygens (including phenoxy) is 1. The number of amides is 1. The largest absolute Gasteiger partial charge is 0.437 e. The molecule has 2 N–H and O–H groups in total. The number of benzene rings is 3. The summed E-state index contributed by atoms with van der Waals surface area (Å²) in [6.45, 7) is 8.26. The van der Waals surface area contributed by atoms with Crippen molar-refractivity contribution in [3.05, 3.63) is 99.5 Å². The lowest BCUT2D eigenvalue weighted by Crippen LogP contribution is -2.40. The molecule has 0 spiro atoms. The van der Waals surface area contributed by atoms with E-state index in [-0.39, 0.29) is 28.6 Å². The van der Waals surface area contributed by atoms with Crippen molar-refractivity contribution in [3.63, 3.8) is 0 Å². The molecule has 214 valence electrons. The van der Waals surface area contributed by atoms with Gasteiger partial charge in [0.05, 0.1) is 10.6 Å². The molecule has 13 heteroatoms. The number of sulfonamides is 1. The molecular weight excluding hydrogens is 553 g/mol. The van der Waals surface area contributed by atoms with E-state index in [0.29, 0.717) is 5.69 Å². The molecule has 0 aliphatic heterocycles. The minimum atomic E-state index is -4.32. The van der Waals surface area contributed by atoms with E-state index < -0.39 is 42.8 Å². The number of nitro groups is 1. The number of hydrogen-bond donors (Lipinski definition) is 2. The first-order valence-corrected chi connectivity index (χ1v) is 13.9. The highest BCUT2D eigenvalue weighted by atomic mass is 32.2. The van der Waals surface area contributed by atoms with Gasteiger partial charge in [-0.25, -0.2) is 17.5 Å². The predicted molar refractivity (Wildman–Crippen MR) is 151 cm³/mol. The number of aromatic nitrogens is 2. The number of halogens is 1. The fourth-order valence-electron chi connectivity index (χ4n) is 3.98. The van der Waals surface area contributed by atoms with Gasteiger partial charge in [0.1, 0.15) is 16.5 Å². The number of hydrogen-bond acceptors (Lipinski definition) is 7. The second-order valence-electron chi connectivity index (χ2n) is 10.3. The van der Waals surface area contributed by atoms with Gasteiger partial charge in [-0.1, -0.05) is 18.2 Å². The number of nitrogens with one attached hydrogen (secondary N) is 2. The molecule has 4 aromatic rings. The fourth-order valence-corrected chi connectivity index (χ4v) is 5.55. The fraction of sp³-hybridized carbons (Fsp3) is 0.214. The molecule has 0 fully saturated rings. The number of aryl methyl sites for hydroxylation is 1. The zero-order chi connectivity index (χ0) is 30.1. The van der Waals surface area contributed by atoms with Crippen LogP contribution < -0.4 is 14.8 Å².